The highest BCUT2D eigenvalue weighted by molar-refractivity contribution is 5.85. The van der Waals surface area contributed by atoms with Crippen molar-refractivity contribution < 1.29 is 19.5 Å². The van der Waals surface area contributed by atoms with Gasteiger partial charge in [0.25, 0.3) is 0 Å². The van der Waals surface area contributed by atoms with E-state index in [-0.39, 0.29) is 30.0 Å². The normalized spacial score (nSPS) is 10.6. The lowest BCUT2D eigenvalue weighted by molar-refractivity contribution is -0.122. The highest BCUT2D eigenvalue weighted by Crippen LogP contribution is 2.11. The first-order valence-electron chi connectivity index (χ1n) is 8.79. The molecule has 8 nitrogen and oxygen atoms in total. The Balaban J connectivity index is 1.83. The Morgan fingerprint density at radius 3 is 2.56 bits per heavy atom. The SMILES string of the molecule is CC(C)NC(=O)CCCC(=O)NCc1cccc(-n2ccc(C(=O)O)n2)c1. The first-order valence-corrected chi connectivity index (χ1v) is 8.79. The van der Waals surface area contributed by atoms with Crippen molar-refractivity contribution in [2.45, 2.75) is 45.7 Å². The number of carboxylic acids is 1. The molecule has 0 saturated carbocycles. The molecule has 0 saturated heterocycles. The van der Waals surface area contributed by atoms with Crippen LogP contribution in [0.25, 0.3) is 5.69 Å². The van der Waals surface area contributed by atoms with Crippen LogP contribution in [0.1, 0.15) is 49.2 Å². The monoisotopic (exact) mass is 372 g/mol. The van der Waals surface area contributed by atoms with Gasteiger partial charge in [0.15, 0.2) is 5.69 Å². The predicted molar refractivity (Wildman–Crippen MR) is 99.5 cm³/mol. The Labute approximate surface area is 157 Å². The molecule has 2 amide bonds. The Morgan fingerprint density at radius 1 is 1.15 bits per heavy atom. The first-order chi connectivity index (χ1) is 12.8. The van der Waals surface area contributed by atoms with Gasteiger partial charge >= 0.3 is 5.97 Å². The van der Waals surface area contributed by atoms with Crippen LogP contribution in [0.2, 0.25) is 0 Å². The predicted octanol–water partition coefficient (Wildman–Crippen LogP) is 1.88. The maximum atomic E-state index is 11.9. The minimum Gasteiger partial charge on any atom is -0.476 e. The van der Waals surface area contributed by atoms with Gasteiger partial charge in [-0.1, -0.05) is 12.1 Å². The van der Waals surface area contributed by atoms with Crippen molar-refractivity contribution in [2.75, 3.05) is 0 Å². The van der Waals surface area contributed by atoms with Gasteiger partial charge in [0, 0.05) is 31.6 Å². The summed E-state index contributed by atoms with van der Waals surface area (Å²) in [5.74, 6) is -1.25. The average Bonchev–Trinajstić information content (AvgIpc) is 3.10. The van der Waals surface area contributed by atoms with Crippen molar-refractivity contribution in [1.82, 2.24) is 20.4 Å². The van der Waals surface area contributed by atoms with Crippen molar-refractivity contribution in [3.05, 3.63) is 47.8 Å². The van der Waals surface area contributed by atoms with Gasteiger partial charge in [0.2, 0.25) is 11.8 Å². The topological polar surface area (TPSA) is 113 Å². The highest BCUT2D eigenvalue weighted by atomic mass is 16.4. The second-order valence-electron chi connectivity index (χ2n) is 6.47. The second-order valence-corrected chi connectivity index (χ2v) is 6.47. The number of benzene rings is 1. The van der Waals surface area contributed by atoms with Crippen LogP contribution >= 0.6 is 0 Å². The number of nitrogens with zero attached hydrogens (tertiary/aromatic N) is 2. The molecule has 0 fully saturated rings. The van der Waals surface area contributed by atoms with Gasteiger partial charge in [-0.15, -0.1) is 0 Å². The van der Waals surface area contributed by atoms with Gasteiger partial charge in [-0.25, -0.2) is 9.48 Å². The molecule has 1 heterocycles. The van der Waals surface area contributed by atoms with Gasteiger partial charge in [0.05, 0.1) is 5.69 Å². The third kappa shape index (κ3) is 6.58. The fraction of sp³-hybridized carbons (Fsp3) is 0.368. The quantitative estimate of drug-likeness (QED) is 0.622. The molecule has 0 aliphatic carbocycles. The molecule has 0 unspecified atom stereocenters. The zero-order chi connectivity index (χ0) is 19.8. The van der Waals surface area contributed by atoms with Crippen LogP contribution in [0.3, 0.4) is 0 Å². The summed E-state index contributed by atoms with van der Waals surface area (Å²) < 4.78 is 1.47. The van der Waals surface area contributed by atoms with E-state index in [1.54, 1.807) is 12.3 Å². The standard InChI is InChI=1S/C19H24N4O4/c1-13(2)21-18(25)8-4-7-17(24)20-12-14-5-3-6-15(11-14)23-10-9-16(22-23)19(26)27/h3,5-6,9-11,13H,4,7-8,12H2,1-2H3,(H,20,24)(H,21,25)(H,26,27). The van der Waals surface area contributed by atoms with Gasteiger partial charge in [-0.05, 0) is 44.0 Å². The minimum atomic E-state index is -1.08. The van der Waals surface area contributed by atoms with Crippen molar-refractivity contribution >= 4 is 17.8 Å². The average molecular weight is 372 g/mol. The summed E-state index contributed by atoms with van der Waals surface area (Å²) >= 11 is 0. The molecule has 1 aromatic heterocycles. The molecule has 0 spiro atoms. The Kier molecular flexibility index (Phi) is 7.10. The molecule has 1 aromatic carbocycles. The number of rotatable bonds is 9. The van der Waals surface area contributed by atoms with Gasteiger partial charge < -0.3 is 15.7 Å². The van der Waals surface area contributed by atoms with E-state index < -0.39 is 5.97 Å². The van der Waals surface area contributed by atoms with E-state index in [0.29, 0.717) is 25.1 Å². The molecular formula is C19H24N4O4. The lowest BCUT2D eigenvalue weighted by atomic mass is 10.2. The molecule has 0 radical (unpaired) electrons. The van der Waals surface area contributed by atoms with Crippen LogP contribution in [0.5, 0.6) is 0 Å². The molecular weight excluding hydrogens is 348 g/mol. The first kappa shape index (κ1) is 20.2. The number of carboxylic acid groups (broad SMARTS) is 1. The molecule has 144 valence electrons. The molecule has 0 bridgehead atoms. The van der Waals surface area contributed by atoms with Crippen molar-refractivity contribution in [1.29, 1.82) is 0 Å². The molecule has 27 heavy (non-hydrogen) atoms. The van der Waals surface area contributed by atoms with Crippen LogP contribution in [0.15, 0.2) is 36.5 Å². The fourth-order valence-corrected chi connectivity index (χ4v) is 2.48. The Bertz CT molecular complexity index is 814. The van der Waals surface area contributed by atoms with E-state index in [0.717, 1.165) is 5.56 Å². The summed E-state index contributed by atoms with van der Waals surface area (Å²) in [5, 5.41) is 18.5. The number of nitrogens with one attached hydrogen (secondary N) is 2. The smallest absolute Gasteiger partial charge is 0.356 e. The van der Waals surface area contributed by atoms with Crippen LogP contribution in [0.4, 0.5) is 0 Å². The summed E-state index contributed by atoms with van der Waals surface area (Å²) in [5.41, 5.74) is 1.54. The van der Waals surface area contributed by atoms with E-state index in [9.17, 15) is 14.4 Å². The number of carbonyl (C=O) groups excluding carboxylic acids is 2. The van der Waals surface area contributed by atoms with Gasteiger partial charge in [-0.3, -0.25) is 9.59 Å². The van der Waals surface area contributed by atoms with Gasteiger partial charge in [0.1, 0.15) is 0 Å². The number of hydrogen-bond acceptors (Lipinski definition) is 4. The number of carbonyl (C=O) groups is 3. The van der Waals surface area contributed by atoms with Crippen molar-refractivity contribution in [2.24, 2.45) is 0 Å². The van der Waals surface area contributed by atoms with E-state index in [2.05, 4.69) is 15.7 Å². The van der Waals surface area contributed by atoms with Crippen molar-refractivity contribution in [3.63, 3.8) is 0 Å². The van der Waals surface area contributed by atoms with Crippen LogP contribution in [-0.2, 0) is 16.1 Å². The number of hydrogen-bond donors (Lipinski definition) is 3. The summed E-state index contributed by atoms with van der Waals surface area (Å²) in [6, 6.07) is 8.83. The van der Waals surface area contributed by atoms with E-state index >= 15 is 0 Å². The van der Waals surface area contributed by atoms with E-state index in [1.807, 2.05) is 32.0 Å². The molecule has 2 aromatic rings. The minimum absolute atomic E-state index is 0.0322. The third-order valence-corrected chi connectivity index (χ3v) is 3.73. The third-order valence-electron chi connectivity index (χ3n) is 3.73. The van der Waals surface area contributed by atoms with E-state index in [1.165, 1.54) is 10.7 Å². The molecule has 0 atom stereocenters. The maximum Gasteiger partial charge on any atom is 0.356 e. The molecule has 2 rings (SSSR count). The fourth-order valence-electron chi connectivity index (χ4n) is 2.48. The summed E-state index contributed by atoms with van der Waals surface area (Å²) in [6.45, 7) is 4.13. The molecule has 8 heteroatoms. The maximum absolute atomic E-state index is 11.9. The molecule has 0 aliphatic rings. The Hall–Kier alpha value is -3.16. The summed E-state index contributed by atoms with van der Waals surface area (Å²) in [4.78, 5) is 34.4. The van der Waals surface area contributed by atoms with Crippen LogP contribution in [-0.4, -0.2) is 38.7 Å². The van der Waals surface area contributed by atoms with E-state index in [4.69, 9.17) is 5.11 Å². The summed E-state index contributed by atoms with van der Waals surface area (Å²) in [7, 11) is 0. The molecule has 3 N–H and O–H groups in total. The Morgan fingerprint density at radius 2 is 1.89 bits per heavy atom. The summed E-state index contributed by atoms with van der Waals surface area (Å²) in [6.07, 6.45) is 2.68. The lowest BCUT2D eigenvalue weighted by Gasteiger charge is -2.09. The molecule has 0 aliphatic heterocycles. The largest absolute Gasteiger partial charge is 0.476 e. The zero-order valence-electron chi connectivity index (χ0n) is 15.4. The zero-order valence-corrected chi connectivity index (χ0v) is 15.4. The van der Waals surface area contributed by atoms with Crippen molar-refractivity contribution in [3.8, 4) is 5.69 Å². The number of amides is 2. The number of aromatic nitrogens is 2. The highest BCUT2D eigenvalue weighted by Gasteiger charge is 2.09. The lowest BCUT2D eigenvalue weighted by Crippen LogP contribution is -2.30. The second kappa shape index (κ2) is 9.51. The van der Waals surface area contributed by atoms with Crippen LogP contribution in [0, 0.1) is 0 Å². The van der Waals surface area contributed by atoms with Gasteiger partial charge in [-0.2, -0.15) is 5.10 Å². The number of aromatic carboxylic acids is 1. The van der Waals surface area contributed by atoms with Crippen LogP contribution < -0.4 is 10.6 Å².